The molecule has 0 aliphatic rings. The van der Waals surface area contributed by atoms with Crippen molar-refractivity contribution >= 4 is 11.3 Å². The molecule has 0 bridgehead atoms. The average Bonchev–Trinajstić information content (AvgIpc) is 2.55. The number of hydrogen-bond donors (Lipinski definition) is 0. The Balaban J connectivity index is 2.45. The molecule has 3 heteroatoms. The van der Waals surface area contributed by atoms with Gasteiger partial charge in [-0.3, -0.25) is 0 Å². The highest BCUT2D eigenvalue weighted by Crippen LogP contribution is 2.22. The summed E-state index contributed by atoms with van der Waals surface area (Å²) >= 11 is 1.66. The van der Waals surface area contributed by atoms with Crippen LogP contribution in [0.1, 0.15) is 5.89 Å². The van der Waals surface area contributed by atoms with Crippen LogP contribution in [0, 0.1) is 6.92 Å². The first-order valence-electron chi connectivity index (χ1n) is 3.31. The van der Waals surface area contributed by atoms with Gasteiger partial charge in [-0.25, -0.2) is 4.98 Å². The van der Waals surface area contributed by atoms with Gasteiger partial charge in [0.25, 0.3) is 0 Å². The first-order valence-corrected chi connectivity index (χ1v) is 4.25. The number of rotatable bonds is 1. The van der Waals surface area contributed by atoms with Gasteiger partial charge in [-0.1, -0.05) is 0 Å². The Labute approximate surface area is 68.5 Å². The SMILES string of the molecule is Cc1ncc(-c2ccsc2)o1. The highest BCUT2D eigenvalue weighted by atomic mass is 32.1. The minimum Gasteiger partial charge on any atom is -0.441 e. The van der Waals surface area contributed by atoms with Crippen molar-refractivity contribution < 1.29 is 4.42 Å². The molecule has 0 fully saturated rings. The fraction of sp³-hybridized carbons (Fsp3) is 0.125. The maximum atomic E-state index is 5.32. The van der Waals surface area contributed by atoms with Crippen LogP contribution in [0.2, 0.25) is 0 Å². The van der Waals surface area contributed by atoms with Gasteiger partial charge in [-0.15, -0.1) is 0 Å². The van der Waals surface area contributed by atoms with E-state index in [0.717, 1.165) is 11.3 Å². The second-order valence-corrected chi connectivity index (χ2v) is 3.04. The molecule has 2 heterocycles. The van der Waals surface area contributed by atoms with E-state index in [1.54, 1.807) is 17.5 Å². The zero-order chi connectivity index (χ0) is 7.68. The Hall–Kier alpha value is -1.09. The van der Waals surface area contributed by atoms with Crippen molar-refractivity contribution in [2.24, 2.45) is 0 Å². The van der Waals surface area contributed by atoms with Gasteiger partial charge < -0.3 is 4.42 Å². The number of nitrogens with zero attached hydrogens (tertiary/aromatic N) is 1. The number of hydrogen-bond acceptors (Lipinski definition) is 3. The van der Waals surface area contributed by atoms with Gasteiger partial charge in [0.15, 0.2) is 11.7 Å². The van der Waals surface area contributed by atoms with Gasteiger partial charge in [0.05, 0.1) is 6.20 Å². The van der Waals surface area contributed by atoms with Crippen molar-refractivity contribution in [1.82, 2.24) is 4.98 Å². The lowest BCUT2D eigenvalue weighted by Gasteiger charge is -1.85. The smallest absolute Gasteiger partial charge is 0.191 e. The molecule has 0 atom stereocenters. The average molecular weight is 165 g/mol. The molecule has 0 saturated heterocycles. The summed E-state index contributed by atoms with van der Waals surface area (Å²) in [5.74, 6) is 1.56. The molecule has 0 amide bonds. The van der Waals surface area contributed by atoms with Crippen LogP contribution in [-0.2, 0) is 0 Å². The van der Waals surface area contributed by atoms with Crippen LogP contribution >= 0.6 is 11.3 Å². The summed E-state index contributed by atoms with van der Waals surface area (Å²) in [6.07, 6.45) is 1.75. The molecule has 0 N–H and O–H groups in total. The molecular weight excluding hydrogens is 158 g/mol. The van der Waals surface area contributed by atoms with Crippen molar-refractivity contribution in [1.29, 1.82) is 0 Å². The third kappa shape index (κ3) is 1.19. The van der Waals surface area contributed by atoms with Gasteiger partial charge in [-0.2, -0.15) is 11.3 Å². The van der Waals surface area contributed by atoms with Crippen LogP contribution in [0.5, 0.6) is 0 Å². The van der Waals surface area contributed by atoms with Crippen LogP contribution < -0.4 is 0 Å². The largest absolute Gasteiger partial charge is 0.441 e. The fourth-order valence-corrected chi connectivity index (χ4v) is 1.54. The molecule has 56 valence electrons. The van der Waals surface area contributed by atoms with Crippen molar-refractivity contribution in [2.75, 3.05) is 0 Å². The quantitative estimate of drug-likeness (QED) is 0.649. The number of oxazole rings is 1. The van der Waals surface area contributed by atoms with Crippen LogP contribution in [0.15, 0.2) is 27.4 Å². The van der Waals surface area contributed by atoms with Crippen molar-refractivity contribution in [3.8, 4) is 11.3 Å². The second kappa shape index (κ2) is 2.51. The minimum atomic E-state index is 0.714. The van der Waals surface area contributed by atoms with E-state index >= 15 is 0 Å². The molecule has 2 rings (SSSR count). The molecule has 0 aliphatic carbocycles. The van der Waals surface area contributed by atoms with Gasteiger partial charge in [-0.05, 0) is 11.4 Å². The summed E-state index contributed by atoms with van der Waals surface area (Å²) < 4.78 is 5.32. The third-order valence-corrected chi connectivity index (χ3v) is 2.11. The monoisotopic (exact) mass is 165 g/mol. The molecule has 0 aromatic carbocycles. The van der Waals surface area contributed by atoms with Crippen molar-refractivity contribution in [2.45, 2.75) is 6.92 Å². The van der Waals surface area contributed by atoms with Crippen molar-refractivity contribution in [3.05, 3.63) is 28.9 Å². The fourth-order valence-electron chi connectivity index (χ4n) is 0.899. The van der Waals surface area contributed by atoms with Crippen molar-refractivity contribution in [3.63, 3.8) is 0 Å². The summed E-state index contributed by atoms with van der Waals surface area (Å²) in [5, 5.41) is 4.06. The minimum absolute atomic E-state index is 0.714. The molecule has 0 aliphatic heterocycles. The lowest BCUT2D eigenvalue weighted by Crippen LogP contribution is -1.62. The first kappa shape index (κ1) is 6.61. The molecule has 2 aromatic heterocycles. The molecule has 0 unspecified atom stereocenters. The van der Waals surface area contributed by atoms with Gasteiger partial charge in [0.1, 0.15) is 0 Å². The van der Waals surface area contributed by atoms with Crippen LogP contribution in [0.25, 0.3) is 11.3 Å². The summed E-state index contributed by atoms with van der Waals surface area (Å²) in [5.41, 5.74) is 1.11. The highest BCUT2D eigenvalue weighted by Gasteiger charge is 2.01. The third-order valence-electron chi connectivity index (χ3n) is 1.43. The van der Waals surface area contributed by atoms with E-state index in [9.17, 15) is 0 Å². The molecule has 0 radical (unpaired) electrons. The maximum absolute atomic E-state index is 5.32. The number of aromatic nitrogens is 1. The molecule has 2 nitrogen and oxygen atoms in total. The summed E-state index contributed by atoms with van der Waals surface area (Å²) in [6, 6.07) is 2.02. The molecule has 0 saturated carbocycles. The Kier molecular flexibility index (Phi) is 1.51. The summed E-state index contributed by atoms with van der Waals surface area (Å²) in [6.45, 7) is 1.84. The van der Waals surface area contributed by atoms with Crippen LogP contribution in [-0.4, -0.2) is 4.98 Å². The Morgan fingerprint density at radius 2 is 2.45 bits per heavy atom. The van der Waals surface area contributed by atoms with E-state index in [1.807, 2.05) is 23.8 Å². The Bertz CT molecular complexity index is 337. The molecule has 0 spiro atoms. The van der Waals surface area contributed by atoms with E-state index in [0.29, 0.717) is 5.89 Å². The van der Waals surface area contributed by atoms with Gasteiger partial charge in [0, 0.05) is 17.9 Å². The Morgan fingerprint density at radius 1 is 1.55 bits per heavy atom. The normalized spacial score (nSPS) is 10.3. The number of thiophene rings is 1. The molecule has 11 heavy (non-hydrogen) atoms. The highest BCUT2D eigenvalue weighted by molar-refractivity contribution is 7.08. The second-order valence-electron chi connectivity index (χ2n) is 2.26. The van der Waals surface area contributed by atoms with E-state index in [4.69, 9.17) is 4.42 Å². The predicted octanol–water partition coefficient (Wildman–Crippen LogP) is 2.71. The predicted molar refractivity (Wildman–Crippen MR) is 44.6 cm³/mol. The zero-order valence-electron chi connectivity index (χ0n) is 6.07. The molecule has 2 aromatic rings. The Morgan fingerprint density at radius 3 is 3.00 bits per heavy atom. The van der Waals surface area contributed by atoms with E-state index in [1.165, 1.54) is 0 Å². The maximum Gasteiger partial charge on any atom is 0.191 e. The zero-order valence-corrected chi connectivity index (χ0v) is 6.89. The molecular formula is C8H7NOS. The topological polar surface area (TPSA) is 26.0 Å². The summed E-state index contributed by atoms with van der Waals surface area (Å²) in [7, 11) is 0. The lowest BCUT2D eigenvalue weighted by atomic mass is 10.3. The van der Waals surface area contributed by atoms with Gasteiger partial charge in [0.2, 0.25) is 0 Å². The van der Waals surface area contributed by atoms with E-state index < -0.39 is 0 Å². The first-order chi connectivity index (χ1) is 5.36. The van der Waals surface area contributed by atoms with Gasteiger partial charge >= 0.3 is 0 Å². The van der Waals surface area contributed by atoms with E-state index in [-0.39, 0.29) is 0 Å². The van der Waals surface area contributed by atoms with Crippen LogP contribution in [0.3, 0.4) is 0 Å². The standard InChI is InChI=1S/C8H7NOS/c1-6-9-4-8(10-6)7-2-3-11-5-7/h2-5H,1H3. The lowest BCUT2D eigenvalue weighted by molar-refractivity contribution is 0.534. The summed E-state index contributed by atoms with van der Waals surface area (Å²) in [4.78, 5) is 4.01. The van der Waals surface area contributed by atoms with E-state index in [2.05, 4.69) is 4.98 Å². The van der Waals surface area contributed by atoms with Crippen LogP contribution in [0.4, 0.5) is 0 Å². The number of aryl methyl sites for hydroxylation is 1.